The summed E-state index contributed by atoms with van der Waals surface area (Å²) in [7, 11) is 3.72. The maximum absolute atomic E-state index is 12.6. The SMILES string of the molecule is CC(C)Nc1ccccc1C(=O)N(C)Cc1nccn1C. The Balaban J connectivity index is 2.17. The summed E-state index contributed by atoms with van der Waals surface area (Å²) in [6.45, 7) is 4.59. The van der Waals surface area contributed by atoms with Crippen LogP contribution in [0.15, 0.2) is 36.7 Å². The second-order valence-corrected chi connectivity index (χ2v) is 5.46. The van der Waals surface area contributed by atoms with Gasteiger partial charge in [-0.2, -0.15) is 0 Å². The van der Waals surface area contributed by atoms with E-state index in [9.17, 15) is 4.79 Å². The van der Waals surface area contributed by atoms with Crippen molar-refractivity contribution in [2.45, 2.75) is 26.4 Å². The molecule has 0 atom stereocenters. The number of imidazole rings is 1. The number of aryl methyl sites for hydroxylation is 1. The van der Waals surface area contributed by atoms with Gasteiger partial charge in [-0.05, 0) is 26.0 Å². The Hall–Kier alpha value is -2.30. The maximum Gasteiger partial charge on any atom is 0.256 e. The lowest BCUT2D eigenvalue weighted by Crippen LogP contribution is -2.28. The molecule has 0 saturated carbocycles. The number of hydrogen-bond donors (Lipinski definition) is 1. The fourth-order valence-electron chi connectivity index (χ4n) is 2.14. The molecule has 0 aliphatic carbocycles. The highest BCUT2D eigenvalue weighted by molar-refractivity contribution is 5.99. The number of benzene rings is 1. The van der Waals surface area contributed by atoms with Crippen molar-refractivity contribution in [1.29, 1.82) is 0 Å². The van der Waals surface area contributed by atoms with Crippen LogP contribution in [-0.4, -0.2) is 33.4 Å². The number of para-hydroxylation sites is 1. The summed E-state index contributed by atoms with van der Waals surface area (Å²) in [6, 6.07) is 7.87. The van der Waals surface area contributed by atoms with E-state index in [4.69, 9.17) is 0 Å². The van der Waals surface area contributed by atoms with Gasteiger partial charge in [-0.25, -0.2) is 4.98 Å². The van der Waals surface area contributed by atoms with Gasteiger partial charge in [-0.3, -0.25) is 4.79 Å². The number of hydrogen-bond acceptors (Lipinski definition) is 3. The lowest BCUT2D eigenvalue weighted by molar-refractivity contribution is 0.0781. The summed E-state index contributed by atoms with van der Waals surface area (Å²) in [5.74, 6) is 0.849. The zero-order chi connectivity index (χ0) is 15.4. The first kappa shape index (κ1) is 15.1. The van der Waals surface area contributed by atoms with Crippen molar-refractivity contribution in [3.63, 3.8) is 0 Å². The smallest absolute Gasteiger partial charge is 0.256 e. The minimum atomic E-state index is -0.0123. The molecular weight excluding hydrogens is 264 g/mol. The van der Waals surface area contributed by atoms with Gasteiger partial charge >= 0.3 is 0 Å². The molecule has 1 aromatic heterocycles. The summed E-state index contributed by atoms with van der Waals surface area (Å²) in [5, 5.41) is 3.31. The molecule has 5 heteroatoms. The summed E-state index contributed by atoms with van der Waals surface area (Å²) in [6.07, 6.45) is 3.61. The Bertz CT molecular complexity index is 618. The molecule has 1 heterocycles. The van der Waals surface area contributed by atoms with Gasteiger partial charge in [0.05, 0.1) is 12.1 Å². The van der Waals surface area contributed by atoms with Gasteiger partial charge < -0.3 is 14.8 Å². The van der Waals surface area contributed by atoms with E-state index in [1.165, 1.54) is 0 Å². The summed E-state index contributed by atoms with van der Waals surface area (Å²) >= 11 is 0. The van der Waals surface area contributed by atoms with Crippen molar-refractivity contribution in [1.82, 2.24) is 14.5 Å². The van der Waals surface area contributed by atoms with Crippen molar-refractivity contribution in [3.05, 3.63) is 48.0 Å². The number of nitrogens with zero attached hydrogens (tertiary/aromatic N) is 3. The number of nitrogens with one attached hydrogen (secondary N) is 1. The van der Waals surface area contributed by atoms with Crippen LogP contribution in [0.5, 0.6) is 0 Å². The van der Waals surface area contributed by atoms with E-state index in [-0.39, 0.29) is 11.9 Å². The first-order chi connectivity index (χ1) is 9.99. The summed E-state index contributed by atoms with van der Waals surface area (Å²) < 4.78 is 1.92. The van der Waals surface area contributed by atoms with Crippen LogP contribution in [0.2, 0.25) is 0 Å². The van der Waals surface area contributed by atoms with Crippen LogP contribution in [0.3, 0.4) is 0 Å². The number of carbonyl (C=O) groups is 1. The monoisotopic (exact) mass is 286 g/mol. The van der Waals surface area contributed by atoms with E-state index in [2.05, 4.69) is 24.1 Å². The van der Waals surface area contributed by atoms with Crippen LogP contribution in [0.1, 0.15) is 30.0 Å². The molecule has 112 valence electrons. The van der Waals surface area contributed by atoms with Gasteiger partial charge in [0.25, 0.3) is 5.91 Å². The zero-order valence-corrected chi connectivity index (χ0v) is 13.0. The van der Waals surface area contributed by atoms with Crippen LogP contribution >= 0.6 is 0 Å². The van der Waals surface area contributed by atoms with Crippen molar-refractivity contribution < 1.29 is 4.79 Å². The predicted octanol–water partition coefficient (Wildman–Crippen LogP) is 2.51. The van der Waals surface area contributed by atoms with Gasteiger partial charge in [0.1, 0.15) is 5.82 Å². The lowest BCUT2D eigenvalue weighted by Gasteiger charge is -2.20. The third kappa shape index (κ3) is 3.62. The van der Waals surface area contributed by atoms with Crippen molar-refractivity contribution >= 4 is 11.6 Å². The van der Waals surface area contributed by atoms with Crippen molar-refractivity contribution in [3.8, 4) is 0 Å². The molecule has 0 radical (unpaired) electrons. The molecule has 0 bridgehead atoms. The van der Waals surface area contributed by atoms with Crippen molar-refractivity contribution in [2.24, 2.45) is 7.05 Å². The first-order valence-corrected chi connectivity index (χ1v) is 7.06. The second-order valence-electron chi connectivity index (χ2n) is 5.46. The number of carbonyl (C=O) groups excluding carboxylic acids is 1. The van der Waals surface area contributed by atoms with Gasteiger partial charge in [-0.1, -0.05) is 12.1 Å². The molecule has 0 fully saturated rings. The normalized spacial score (nSPS) is 10.7. The van der Waals surface area contributed by atoms with Gasteiger partial charge in [0, 0.05) is 38.2 Å². The van der Waals surface area contributed by atoms with E-state index in [1.54, 1.807) is 18.1 Å². The Kier molecular flexibility index (Phi) is 4.62. The molecule has 5 nitrogen and oxygen atoms in total. The van der Waals surface area contributed by atoms with Crippen LogP contribution in [0.4, 0.5) is 5.69 Å². The Morgan fingerprint density at radius 3 is 2.71 bits per heavy atom. The third-order valence-corrected chi connectivity index (χ3v) is 3.25. The molecule has 1 amide bonds. The number of rotatable bonds is 5. The second kappa shape index (κ2) is 6.43. The largest absolute Gasteiger partial charge is 0.382 e. The molecular formula is C16H22N4O. The zero-order valence-electron chi connectivity index (χ0n) is 13.0. The van der Waals surface area contributed by atoms with Crippen LogP contribution in [-0.2, 0) is 13.6 Å². The molecule has 0 spiro atoms. The molecule has 2 rings (SSSR count). The third-order valence-electron chi connectivity index (χ3n) is 3.25. The molecule has 1 N–H and O–H groups in total. The summed E-state index contributed by atoms with van der Waals surface area (Å²) in [5.41, 5.74) is 1.55. The van der Waals surface area contributed by atoms with Crippen molar-refractivity contribution in [2.75, 3.05) is 12.4 Å². The molecule has 0 unspecified atom stereocenters. The first-order valence-electron chi connectivity index (χ1n) is 7.06. The Labute approximate surface area is 125 Å². The highest BCUT2D eigenvalue weighted by Crippen LogP contribution is 2.18. The number of aromatic nitrogens is 2. The molecule has 1 aromatic carbocycles. The predicted molar refractivity (Wildman–Crippen MR) is 84.2 cm³/mol. The van der Waals surface area contributed by atoms with Crippen LogP contribution < -0.4 is 5.32 Å². The molecule has 0 saturated heterocycles. The molecule has 0 aliphatic rings. The molecule has 21 heavy (non-hydrogen) atoms. The van der Waals surface area contributed by atoms with Gasteiger partial charge in [0.2, 0.25) is 0 Å². The highest BCUT2D eigenvalue weighted by atomic mass is 16.2. The Morgan fingerprint density at radius 1 is 1.38 bits per heavy atom. The van der Waals surface area contributed by atoms with Gasteiger partial charge in [0.15, 0.2) is 0 Å². The van der Waals surface area contributed by atoms with Crippen LogP contribution in [0, 0.1) is 0 Å². The average molecular weight is 286 g/mol. The van der Waals surface area contributed by atoms with E-state index in [1.807, 2.05) is 42.1 Å². The standard InChI is InChI=1S/C16H22N4O/c1-12(2)18-14-8-6-5-7-13(14)16(21)20(4)11-15-17-9-10-19(15)3/h5-10,12,18H,11H2,1-4H3. The van der Waals surface area contributed by atoms with E-state index in [0.29, 0.717) is 12.1 Å². The topological polar surface area (TPSA) is 50.2 Å². The van der Waals surface area contributed by atoms with E-state index in [0.717, 1.165) is 11.5 Å². The minimum absolute atomic E-state index is 0.0123. The lowest BCUT2D eigenvalue weighted by atomic mass is 10.1. The maximum atomic E-state index is 12.6. The molecule has 0 aliphatic heterocycles. The fourth-order valence-corrected chi connectivity index (χ4v) is 2.14. The highest BCUT2D eigenvalue weighted by Gasteiger charge is 2.17. The number of anilines is 1. The fraction of sp³-hybridized carbons (Fsp3) is 0.375. The number of amides is 1. The van der Waals surface area contributed by atoms with Gasteiger partial charge in [-0.15, -0.1) is 0 Å². The molecule has 2 aromatic rings. The van der Waals surface area contributed by atoms with E-state index < -0.39 is 0 Å². The van der Waals surface area contributed by atoms with Crippen LogP contribution in [0.25, 0.3) is 0 Å². The Morgan fingerprint density at radius 2 is 2.10 bits per heavy atom. The minimum Gasteiger partial charge on any atom is -0.382 e. The average Bonchev–Trinajstić information content (AvgIpc) is 2.83. The summed E-state index contributed by atoms with van der Waals surface area (Å²) in [4.78, 5) is 18.6. The van der Waals surface area contributed by atoms with E-state index >= 15 is 0 Å². The quantitative estimate of drug-likeness (QED) is 0.919.